The number of aromatic nitrogens is 6. The van der Waals surface area contributed by atoms with Crippen molar-refractivity contribution in [1.29, 1.82) is 0 Å². The summed E-state index contributed by atoms with van der Waals surface area (Å²) in [6, 6.07) is 0. The third-order valence-corrected chi connectivity index (χ3v) is 5.04. The van der Waals surface area contributed by atoms with Gasteiger partial charge in [0.15, 0.2) is 0 Å². The summed E-state index contributed by atoms with van der Waals surface area (Å²) >= 11 is 0. The molecule has 0 aliphatic carbocycles. The lowest BCUT2D eigenvalue weighted by molar-refractivity contribution is -0.0545. The van der Waals surface area contributed by atoms with Crippen molar-refractivity contribution in [2.45, 2.75) is 18.4 Å². The average Bonchev–Trinajstić information content (AvgIpc) is 3.29. The van der Waals surface area contributed by atoms with Crippen LogP contribution < -0.4 is 0 Å². The van der Waals surface area contributed by atoms with Crippen molar-refractivity contribution in [2.75, 3.05) is 39.9 Å². The van der Waals surface area contributed by atoms with E-state index in [4.69, 9.17) is 4.74 Å². The van der Waals surface area contributed by atoms with Gasteiger partial charge in [0, 0.05) is 38.4 Å². The molecule has 10 nitrogen and oxygen atoms in total. The summed E-state index contributed by atoms with van der Waals surface area (Å²) < 4.78 is 7.05. The van der Waals surface area contributed by atoms with Crippen LogP contribution >= 0.6 is 0 Å². The Balaban J connectivity index is 1.52. The first-order valence-electron chi connectivity index (χ1n) is 8.04. The first-order valence-corrected chi connectivity index (χ1v) is 8.04. The number of nitrogens with one attached hydrogen (secondary N) is 1. The van der Waals surface area contributed by atoms with E-state index >= 15 is 0 Å². The number of hydrogen-bond acceptors (Lipinski definition) is 7. The van der Waals surface area contributed by atoms with E-state index in [-0.39, 0.29) is 17.3 Å². The maximum Gasteiger partial charge on any atom is 0.291 e. The van der Waals surface area contributed by atoms with Gasteiger partial charge in [-0.3, -0.25) is 19.4 Å². The van der Waals surface area contributed by atoms with Gasteiger partial charge in [-0.15, -0.1) is 15.3 Å². The third kappa shape index (κ3) is 2.57. The van der Waals surface area contributed by atoms with E-state index in [9.17, 15) is 4.79 Å². The lowest BCUT2D eigenvalue weighted by atomic mass is 9.86. The van der Waals surface area contributed by atoms with Crippen LogP contribution in [0, 0.1) is 0 Å². The summed E-state index contributed by atoms with van der Waals surface area (Å²) in [5, 5.41) is 14.2. The predicted molar refractivity (Wildman–Crippen MR) is 82.6 cm³/mol. The zero-order valence-electron chi connectivity index (χ0n) is 13.6. The molecule has 1 N–H and O–H groups in total. The fraction of sp³-hybridized carbons (Fsp3) is 0.643. The molecule has 2 aromatic rings. The zero-order valence-corrected chi connectivity index (χ0v) is 13.6. The van der Waals surface area contributed by atoms with Crippen LogP contribution in [-0.2, 0) is 4.74 Å². The quantitative estimate of drug-likeness (QED) is 0.777. The second kappa shape index (κ2) is 5.95. The number of rotatable bonds is 2. The van der Waals surface area contributed by atoms with Crippen molar-refractivity contribution in [3.05, 3.63) is 18.5 Å². The highest BCUT2D eigenvalue weighted by Gasteiger charge is 2.42. The summed E-state index contributed by atoms with van der Waals surface area (Å²) in [7, 11) is 2.13. The molecule has 0 aromatic carbocycles. The monoisotopic (exact) mass is 332 g/mol. The number of H-pyrrole nitrogens is 1. The second-order valence-corrected chi connectivity index (χ2v) is 6.34. The van der Waals surface area contributed by atoms with Crippen molar-refractivity contribution in [1.82, 2.24) is 39.7 Å². The van der Waals surface area contributed by atoms with Gasteiger partial charge in [-0.25, -0.2) is 0 Å². The molecule has 0 atom stereocenters. The number of nitrogens with zero attached hydrogens (tertiary/aromatic N) is 7. The Morgan fingerprint density at radius 3 is 2.75 bits per heavy atom. The van der Waals surface area contributed by atoms with Gasteiger partial charge in [-0.05, 0) is 19.9 Å². The van der Waals surface area contributed by atoms with E-state index in [0.29, 0.717) is 19.0 Å². The van der Waals surface area contributed by atoms with Gasteiger partial charge in [-0.2, -0.15) is 4.98 Å². The number of hydrogen-bond donors (Lipinski definition) is 1. The highest BCUT2D eigenvalue weighted by molar-refractivity contribution is 5.90. The topological polar surface area (TPSA) is 105 Å². The molecule has 0 saturated carbocycles. The minimum Gasteiger partial charge on any atom is -0.381 e. The van der Waals surface area contributed by atoms with Crippen LogP contribution in [0.1, 0.15) is 23.5 Å². The standard InChI is InChI=1S/C14H20N8O2/c1-20-4-5-21(8-14(20)2-6-24-7-3-14)12(23)11-17-13(19-18-11)22-9-15-16-10-22/h9-10H,2-8H2,1H3,(H,17,18,19). The minimum absolute atomic E-state index is 0.00325. The first kappa shape index (κ1) is 15.2. The molecule has 2 aromatic heterocycles. The molecule has 24 heavy (non-hydrogen) atoms. The van der Waals surface area contributed by atoms with Crippen molar-refractivity contribution < 1.29 is 9.53 Å². The van der Waals surface area contributed by atoms with Gasteiger partial charge >= 0.3 is 0 Å². The predicted octanol–water partition coefficient (Wildman–Crippen LogP) is -0.678. The molecule has 128 valence electrons. The Morgan fingerprint density at radius 1 is 1.25 bits per heavy atom. The Labute approximate surface area is 138 Å². The van der Waals surface area contributed by atoms with E-state index in [1.54, 1.807) is 4.57 Å². The Kier molecular flexibility index (Phi) is 3.77. The molecule has 0 radical (unpaired) electrons. The maximum absolute atomic E-state index is 12.8. The minimum atomic E-state index is -0.124. The molecule has 2 saturated heterocycles. The SMILES string of the molecule is CN1CCN(C(=O)c2nc(-n3cnnc3)n[nH]2)CC12CCOCC2. The smallest absolute Gasteiger partial charge is 0.291 e. The number of amides is 1. The number of aromatic amines is 1. The van der Waals surface area contributed by atoms with E-state index < -0.39 is 0 Å². The van der Waals surface area contributed by atoms with E-state index in [1.807, 2.05) is 4.90 Å². The Bertz CT molecular complexity index is 706. The van der Waals surface area contributed by atoms with Gasteiger partial charge in [0.25, 0.3) is 11.9 Å². The molecule has 4 rings (SSSR count). The summed E-state index contributed by atoms with van der Waals surface area (Å²) in [5.74, 6) is 0.476. The van der Waals surface area contributed by atoms with Crippen molar-refractivity contribution in [2.24, 2.45) is 0 Å². The third-order valence-electron chi connectivity index (χ3n) is 5.04. The van der Waals surface area contributed by atoms with Crippen LogP contribution in [0.2, 0.25) is 0 Å². The van der Waals surface area contributed by atoms with Crippen LogP contribution in [0.5, 0.6) is 0 Å². The van der Waals surface area contributed by atoms with Gasteiger partial charge in [0.05, 0.1) is 0 Å². The number of carbonyl (C=O) groups is 1. The number of ether oxygens (including phenoxy) is 1. The zero-order chi connectivity index (χ0) is 16.6. The van der Waals surface area contributed by atoms with Crippen molar-refractivity contribution >= 4 is 5.91 Å². The lowest BCUT2D eigenvalue weighted by Gasteiger charge is -2.51. The number of piperazine rings is 1. The molecule has 4 heterocycles. The Hall–Kier alpha value is -2.33. The van der Waals surface area contributed by atoms with Gasteiger partial charge in [0.1, 0.15) is 12.7 Å². The van der Waals surface area contributed by atoms with Crippen LogP contribution in [0.25, 0.3) is 5.95 Å². The summed E-state index contributed by atoms with van der Waals surface area (Å²) in [4.78, 5) is 21.3. The van der Waals surface area contributed by atoms with Crippen LogP contribution in [0.4, 0.5) is 0 Å². The van der Waals surface area contributed by atoms with Crippen LogP contribution in [-0.4, -0.2) is 91.1 Å². The molecule has 2 fully saturated rings. The molecule has 1 spiro atoms. The van der Waals surface area contributed by atoms with Gasteiger partial charge in [0.2, 0.25) is 5.82 Å². The van der Waals surface area contributed by atoms with Crippen molar-refractivity contribution in [3.8, 4) is 5.95 Å². The first-order chi connectivity index (χ1) is 11.7. The maximum atomic E-state index is 12.8. The summed E-state index contributed by atoms with van der Waals surface area (Å²) in [5.41, 5.74) is 0.00325. The number of likely N-dealkylation sites (N-methyl/N-ethyl adjacent to an activating group) is 1. The normalized spacial score (nSPS) is 21.3. The lowest BCUT2D eigenvalue weighted by Crippen LogP contribution is -2.63. The molecule has 0 bridgehead atoms. The van der Waals surface area contributed by atoms with E-state index in [1.165, 1.54) is 12.7 Å². The highest BCUT2D eigenvalue weighted by Crippen LogP contribution is 2.31. The molecule has 2 aliphatic heterocycles. The fourth-order valence-corrected chi connectivity index (χ4v) is 3.45. The molecule has 1 amide bonds. The van der Waals surface area contributed by atoms with E-state index in [0.717, 1.165) is 32.6 Å². The second-order valence-electron chi connectivity index (χ2n) is 6.34. The largest absolute Gasteiger partial charge is 0.381 e. The van der Waals surface area contributed by atoms with Crippen LogP contribution in [0.15, 0.2) is 12.7 Å². The highest BCUT2D eigenvalue weighted by atomic mass is 16.5. The van der Waals surface area contributed by atoms with E-state index in [2.05, 4.69) is 37.3 Å². The van der Waals surface area contributed by atoms with Gasteiger partial charge < -0.3 is 9.64 Å². The van der Waals surface area contributed by atoms with Crippen molar-refractivity contribution in [3.63, 3.8) is 0 Å². The number of carbonyl (C=O) groups excluding carboxylic acids is 1. The Morgan fingerprint density at radius 2 is 2.00 bits per heavy atom. The molecule has 0 unspecified atom stereocenters. The summed E-state index contributed by atoms with van der Waals surface area (Å²) in [6.45, 7) is 3.70. The van der Waals surface area contributed by atoms with Gasteiger partial charge in [-0.1, -0.05) is 0 Å². The molecular weight excluding hydrogens is 312 g/mol. The summed E-state index contributed by atoms with van der Waals surface area (Å²) in [6.07, 6.45) is 4.86. The average molecular weight is 332 g/mol. The molecule has 2 aliphatic rings. The molecule has 10 heteroatoms. The fourth-order valence-electron chi connectivity index (χ4n) is 3.45. The van der Waals surface area contributed by atoms with Crippen LogP contribution in [0.3, 0.4) is 0 Å². The molecular formula is C14H20N8O2.